The van der Waals surface area contributed by atoms with Gasteiger partial charge in [-0.2, -0.15) is 0 Å². The van der Waals surface area contributed by atoms with Crippen LogP contribution in [0.4, 0.5) is 0 Å². The van der Waals surface area contributed by atoms with Crippen LogP contribution < -0.4 is 5.32 Å². The maximum Gasteiger partial charge on any atom is 0.313 e. The SMILES string of the molecule is CC1(C(=O)OCC2CC2)CCNC1. The molecule has 1 saturated carbocycles. The monoisotopic (exact) mass is 183 g/mol. The van der Waals surface area contributed by atoms with Crippen molar-refractivity contribution >= 4 is 5.97 Å². The van der Waals surface area contributed by atoms with Gasteiger partial charge in [-0.05, 0) is 38.6 Å². The molecule has 74 valence electrons. The second-order valence-corrected chi connectivity index (χ2v) is 4.53. The van der Waals surface area contributed by atoms with E-state index in [4.69, 9.17) is 4.74 Å². The van der Waals surface area contributed by atoms with Crippen molar-refractivity contribution in [2.75, 3.05) is 19.7 Å². The number of nitrogens with one attached hydrogen (secondary N) is 1. The summed E-state index contributed by atoms with van der Waals surface area (Å²) in [5, 5.41) is 3.20. The van der Waals surface area contributed by atoms with Crippen molar-refractivity contribution in [2.24, 2.45) is 11.3 Å². The summed E-state index contributed by atoms with van der Waals surface area (Å²) in [5.74, 6) is 0.659. The minimum atomic E-state index is -0.255. The average molecular weight is 183 g/mol. The first-order valence-electron chi connectivity index (χ1n) is 5.09. The van der Waals surface area contributed by atoms with Crippen LogP contribution in [-0.2, 0) is 9.53 Å². The van der Waals surface area contributed by atoms with E-state index in [-0.39, 0.29) is 11.4 Å². The molecule has 2 aliphatic rings. The molecular formula is C10H17NO2. The molecule has 3 nitrogen and oxygen atoms in total. The van der Waals surface area contributed by atoms with Gasteiger partial charge in [0, 0.05) is 6.54 Å². The summed E-state index contributed by atoms with van der Waals surface area (Å²) in [6.45, 7) is 4.35. The maximum atomic E-state index is 11.6. The van der Waals surface area contributed by atoms with E-state index >= 15 is 0 Å². The number of rotatable bonds is 3. The maximum absolute atomic E-state index is 11.6. The fourth-order valence-electron chi connectivity index (χ4n) is 1.64. The van der Waals surface area contributed by atoms with E-state index in [1.807, 2.05) is 6.92 Å². The molecular weight excluding hydrogens is 166 g/mol. The highest BCUT2D eigenvalue weighted by atomic mass is 16.5. The Bertz CT molecular complexity index is 205. The van der Waals surface area contributed by atoms with Crippen LogP contribution in [0.1, 0.15) is 26.2 Å². The van der Waals surface area contributed by atoms with E-state index in [9.17, 15) is 4.79 Å². The fourth-order valence-corrected chi connectivity index (χ4v) is 1.64. The first-order chi connectivity index (χ1) is 6.21. The lowest BCUT2D eigenvalue weighted by Gasteiger charge is -2.20. The van der Waals surface area contributed by atoms with Crippen LogP contribution in [0.2, 0.25) is 0 Å². The molecule has 1 heterocycles. The fraction of sp³-hybridized carbons (Fsp3) is 0.900. The molecule has 1 unspecified atom stereocenters. The number of carbonyl (C=O) groups is 1. The number of ether oxygens (including phenoxy) is 1. The molecule has 0 radical (unpaired) electrons. The van der Waals surface area contributed by atoms with Gasteiger partial charge in [0.25, 0.3) is 0 Å². The molecule has 1 aliphatic heterocycles. The smallest absolute Gasteiger partial charge is 0.313 e. The first kappa shape index (κ1) is 9.00. The van der Waals surface area contributed by atoms with Crippen molar-refractivity contribution in [1.82, 2.24) is 5.32 Å². The molecule has 0 aromatic rings. The van der Waals surface area contributed by atoms with Gasteiger partial charge in [-0.25, -0.2) is 0 Å². The summed E-state index contributed by atoms with van der Waals surface area (Å²) < 4.78 is 5.27. The zero-order valence-electron chi connectivity index (χ0n) is 8.14. The van der Waals surface area contributed by atoms with Crippen LogP contribution in [0, 0.1) is 11.3 Å². The van der Waals surface area contributed by atoms with Gasteiger partial charge in [0.1, 0.15) is 0 Å². The summed E-state index contributed by atoms with van der Waals surface area (Å²) in [7, 11) is 0. The average Bonchev–Trinajstić information content (AvgIpc) is 2.84. The normalized spacial score (nSPS) is 33.3. The summed E-state index contributed by atoms with van der Waals surface area (Å²) in [5.41, 5.74) is -0.255. The molecule has 0 amide bonds. The lowest BCUT2D eigenvalue weighted by atomic mass is 9.90. The Morgan fingerprint density at radius 2 is 2.38 bits per heavy atom. The molecule has 13 heavy (non-hydrogen) atoms. The van der Waals surface area contributed by atoms with Crippen LogP contribution >= 0.6 is 0 Å². The highest BCUT2D eigenvalue weighted by Gasteiger charge is 2.38. The Balaban J connectivity index is 1.80. The Kier molecular flexibility index (Phi) is 2.28. The van der Waals surface area contributed by atoms with Crippen LogP contribution in [0.3, 0.4) is 0 Å². The molecule has 0 aromatic heterocycles. The number of hydrogen-bond donors (Lipinski definition) is 1. The molecule has 0 spiro atoms. The summed E-state index contributed by atoms with van der Waals surface area (Å²) in [6.07, 6.45) is 3.39. The molecule has 1 saturated heterocycles. The predicted octanol–water partition coefficient (Wildman–Crippen LogP) is 0.939. The molecule has 2 rings (SSSR count). The Morgan fingerprint density at radius 1 is 1.62 bits per heavy atom. The van der Waals surface area contributed by atoms with Gasteiger partial charge in [-0.1, -0.05) is 0 Å². The van der Waals surface area contributed by atoms with Crippen LogP contribution in [0.15, 0.2) is 0 Å². The molecule has 0 aromatic carbocycles. The summed E-state index contributed by atoms with van der Waals surface area (Å²) >= 11 is 0. The quantitative estimate of drug-likeness (QED) is 0.662. The van der Waals surface area contributed by atoms with Crippen molar-refractivity contribution in [1.29, 1.82) is 0 Å². The minimum Gasteiger partial charge on any atom is -0.465 e. The minimum absolute atomic E-state index is 0.00981. The van der Waals surface area contributed by atoms with Crippen LogP contribution in [-0.4, -0.2) is 25.7 Å². The Hall–Kier alpha value is -0.570. The number of esters is 1. The van der Waals surface area contributed by atoms with Gasteiger partial charge in [-0.3, -0.25) is 4.79 Å². The van der Waals surface area contributed by atoms with Crippen LogP contribution in [0.5, 0.6) is 0 Å². The molecule has 3 heteroatoms. The molecule has 0 bridgehead atoms. The summed E-state index contributed by atoms with van der Waals surface area (Å²) in [4.78, 5) is 11.6. The molecule has 1 aliphatic carbocycles. The summed E-state index contributed by atoms with van der Waals surface area (Å²) in [6, 6.07) is 0. The van der Waals surface area contributed by atoms with E-state index in [1.165, 1.54) is 12.8 Å². The zero-order chi connectivity index (χ0) is 9.31. The van der Waals surface area contributed by atoms with Crippen molar-refractivity contribution in [3.05, 3.63) is 0 Å². The van der Waals surface area contributed by atoms with E-state index in [0.29, 0.717) is 12.5 Å². The highest BCUT2D eigenvalue weighted by Crippen LogP contribution is 2.31. The third-order valence-electron chi connectivity index (χ3n) is 3.01. The van der Waals surface area contributed by atoms with E-state index in [2.05, 4.69) is 5.32 Å². The van der Waals surface area contributed by atoms with Crippen molar-refractivity contribution in [3.8, 4) is 0 Å². The van der Waals surface area contributed by atoms with Gasteiger partial charge in [0.15, 0.2) is 0 Å². The van der Waals surface area contributed by atoms with Gasteiger partial charge >= 0.3 is 5.97 Å². The second kappa shape index (κ2) is 3.29. The van der Waals surface area contributed by atoms with Crippen molar-refractivity contribution < 1.29 is 9.53 Å². The Labute approximate surface area is 78.8 Å². The van der Waals surface area contributed by atoms with Gasteiger partial charge in [-0.15, -0.1) is 0 Å². The van der Waals surface area contributed by atoms with Crippen LogP contribution in [0.25, 0.3) is 0 Å². The predicted molar refractivity (Wildman–Crippen MR) is 49.3 cm³/mol. The molecule has 1 N–H and O–H groups in total. The second-order valence-electron chi connectivity index (χ2n) is 4.53. The van der Waals surface area contributed by atoms with E-state index in [1.54, 1.807) is 0 Å². The third kappa shape index (κ3) is 2.02. The van der Waals surface area contributed by atoms with Crippen molar-refractivity contribution in [3.63, 3.8) is 0 Å². The third-order valence-corrected chi connectivity index (χ3v) is 3.01. The lowest BCUT2D eigenvalue weighted by molar-refractivity contribution is -0.154. The van der Waals surface area contributed by atoms with E-state index < -0.39 is 0 Å². The van der Waals surface area contributed by atoms with Gasteiger partial charge < -0.3 is 10.1 Å². The van der Waals surface area contributed by atoms with E-state index in [0.717, 1.165) is 19.5 Å². The van der Waals surface area contributed by atoms with Gasteiger partial charge in [0.2, 0.25) is 0 Å². The largest absolute Gasteiger partial charge is 0.465 e. The zero-order valence-corrected chi connectivity index (χ0v) is 8.14. The van der Waals surface area contributed by atoms with Gasteiger partial charge in [0.05, 0.1) is 12.0 Å². The number of carbonyl (C=O) groups excluding carboxylic acids is 1. The number of hydrogen-bond acceptors (Lipinski definition) is 3. The Morgan fingerprint density at radius 3 is 2.92 bits per heavy atom. The highest BCUT2D eigenvalue weighted by molar-refractivity contribution is 5.77. The lowest BCUT2D eigenvalue weighted by Crippen LogP contribution is -2.32. The molecule has 2 fully saturated rings. The topological polar surface area (TPSA) is 38.3 Å². The van der Waals surface area contributed by atoms with Crippen molar-refractivity contribution in [2.45, 2.75) is 26.2 Å². The molecule has 1 atom stereocenters. The standard InChI is InChI=1S/C10H17NO2/c1-10(4-5-11-7-10)9(12)13-6-8-2-3-8/h8,11H,2-7H2,1H3. The first-order valence-corrected chi connectivity index (χ1v) is 5.09.